The van der Waals surface area contributed by atoms with Gasteiger partial charge < -0.3 is 18.9 Å². The highest BCUT2D eigenvalue weighted by Gasteiger charge is 2.60. The first-order valence-electron chi connectivity index (χ1n) is 16.2. The van der Waals surface area contributed by atoms with Gasteiger partial charge in [-0.1, -0.05) is 25.5 Å². The molecule has 0 bridgehead atoms. The topological polar surface area (TPSA) is 74.3 Å². The van der Waals surface area contributed by atoms with Crippen molar-refractivity contribution in [2.24, 2.45) is 34.5 Å². The first kappa shape index (κ1) is 28.2. The van der Waals surface area contributed by atoms with Gasteiger partial charge in [-0.05, 0) is 98.6 Å². The fourth-order valence-electron chi connectivity index (χ4n) is 10.6. The first-order chi connectivity index (χ1) is 20.1. The summed E-state index contributed by atoms with van der Waals surface area (Å²) in [5.41, 5.74) is 4.09. The third-order valence-corrected chi connectivity index (χ3v) is 12.7. The van der Waals surface area contributed by atoms with E-state index in [4.69, 9.17) is 18.9 Å². The fraction of sp³-hybridized carbons (Fsp3) is 0.714. The van der Waals surface area contributed by atoms with Gasteiger partial charge in [0.15, 0.2) is 11.5 Å². The minimum Gasteiger partial charge on any atom is -0.492 e. The Labute approximate surface area is 250 Å². The number of nitrogens with zero attached hydrogens (tertiary/aromatic N) is 1. The average Bonchev–Trinajstić information content (AvgIpc) is 3.57. The molecule has 0 radical (unpaired) electrons. The molecular weight excluding hydrogens is 530 g/mol. The van der Waals surface area contributed by atoms with Crippen LogP contribution in [-0.4, -0.2) is 50.3 Å². The summed E-state index contributed by atoms with van der Waals surface area (Å²) in [6.45, 7) is 7.57. The molecular formula is C35H47NO6. The molecule has 42 heavy (non-hydrogen) atoms. The van der Waals surface area contributed by atoms with Crippen LogP contribution in [0, 0.1) is 34.5 Å². The summed E-state index contributed by atoms with van der Waals surface area (Å²) in [5, 5.41) is 0. The molecule has 0 amide bonds. The quantitative estimate of drug-likeness (QED) is 0.295. The predicted molar refractivity (Wildman–Crippen MR) is 159 cm³/mol. The lowest BCUT2D eigenvalue weighted by molar-refractivity contribution is -0.149. The summed E-state index contributed by atoms with van der Waals surface area (Å²) in [7, 11) is 3.83. The standard InChI is InChI=1S/C35H47NO6/c1-20(37)42-23-10-13-34(2)22(17-23)6-7-24-25-8-9-27(35(25,3)14-11-26(24)34)29(38)18-28-31-21(12-15-36(28)4)16-30-32(33(31)39-5)41-19-40-30/h6,16,23-28H,7-15,17-19H2,1-5H3/t23-,24+,25-,26-,27-,28+,34-,35-/m1/s1. The molecule has 8 atom stereocenters. The van der Waals surface area contributed by atoms with Crippen molar-refractivity contribution in [2.45, 2.75) is 97.1 Å². The van der Waals surface area contributed by atoms with Gasteiger partial charge in [0, 0.05) is 43.8 Å². The van der Waals surface area contributed by atoms with E-state index in [2.05, 4.69) is 37.9 Å². The van der Waals surface area contributed by atoms with E-state index in [0.717, 1.165) is 75.0 Å². The van der Waals surface area contributed by atoms with Crippen LogP contribution in [0.1, 0.15) is 95.7 Å². The monoisotopic (exact) mass is 577 g/mol. The molecule has 3 fully saturated rings. The molecule has 228 valence electrons. The van der Waals surface area contributed by atoms with Crippen molar-refractivity contribution in [2.75, 3.05) is 27.5 Å². The number of esters is 1. The maximum atomic E-state index is 14.4. The van der Waals surface area contributed by atoms with Crippen LogP contribution in [0.5, 0.6) is 17.2 Å². The summed E-state index contributed by atoms with van der Waals surface area (Å²) >= 11 is 0. The number of methoxy groups -OCH3 is 1. The lowest BCUT2D eigenvalue weighted by Gasteiger charge is -2.58. The second-order valence-electron chi connectivity index (χ2n) is 14.5. The van der Waals surface area contributed by atoms with Crippen molar-refractivity contribution in [3.05, 3.63) is 28.8 Å². The molecule has 0 aromatic heterocycles. The van der Waals surface area contributed by atoms with Crippen molar-refractivity contribution in [1.29, 1.82) is 0 Å². The van der Waals surface area contributed by atoms with E-state index in [9.17, 15) is 9.59 Å². The SMILES string of the molecule is COc1c2c(cc3c1[C@H](CC(=O)[C@H]1CC[C@@H]4[C@@H]5CC=C6C[C@H](OC(C)=O)CC[C@@]6(C)[C@@H]5CC[C@@]14C)N(C)CC3)OCO2. The molecule has 7 nitrogen and oxygen atoms in total. The van der Waals surface area contributed by atoms with Crippen LogP contribution in [0.2, 0.25) is 0 Å². The van der Waals surface area contributed by atoms with Crippen LogP contribution >= 0.6 is 0 Å². The van der Waals surface area contributed by atoms with Gasteiger partial charge in [-0.3, -0.25) is 14.5 Å². The van der Waals surface area contributed by atoms with Gasteiger partial charge in [0.2, 0.25) is 12.5 Å². The van der Waals surface area contributed by atoms with Crippen LogP contribution in [-0.2, 0) is 20.7 Å². The van der Waals surface area contributed by atoms with Gasteiger partial charge in [0.25, 0.3) is 0 Å². The van der Waals surface area contributed by atoms with Crippen molar-refractivity contribution >= 4 is 11.8 Å². The molecule has 0 unspecified atom stereocenters. The number of carbonyl (C=O) groups excluding carboxylic acids is 2. The number of fused-ring (bicyclic) bond motifs is 7. The van der Waals surface area contributed by atoms with E-state index in [1.165, 1.54) is 24.5 Å². The van der Waals surface area contributed by atoms with E-state index in [-0.39, 0.29) is 41.7 Å². The molecule has 1 aromatic rings. The summed E-state index contributed by atoms with van der Waals surface area (Å²) in [6, 6.07) is 2.08. The van der Waals surface area contributed by atoms with Gasteiger partial charge in [-0.15, -0.1) is 0 Å². The van der Waals surface area contributed by atoms with Crippen molar-refractivity contribution in [3.63, 3.8) is 0 Å². The Hall–Kier alpha value is -2.54. The van der Waals surface area contributed by atoms with E-state index in [1.54, 1.807) is 7.11 Å². The number of allylic oxidation sites excluding steroid dienone is 1. The molecule has 4 aliphatic carbocycles. The van der Waals surface area contributed by atoms with Crippen LogP contribution < -0.4 is 14.2 Å². The Kier molecular flexibility index (Phi) is 6.91. The second kappa shape index (κ2) is 10.3. The molecule has 2 heterocycles. The average molecular weight is 578 g/mol. The Balaban J connectivity index is 1.11. The van der Waals surface area contributed by atoms with Crippen LogP contribution in [0.15, 0.2) is 17.7 Å². The Morgan fingerprint density at radius 2 is 1.93 bits per heavy atom. The highest BCUT2D eigenvalue weighted by atomic mass is 16.7. The zero-order valence-corrected chi connectivity index (χ0v) is 26.0. The highest BCUT2D eigenvalue weighted by molar-refractivity contribution is 5.83. The number of likely N-dealkylation sites (N-methyl/N-ethyl adjacent to an activating group) is 1. The number of hydrogen-bond donors (Lipinski definition) is 0. The Bertz CT molecular complexity index is 1320. The summed E-state index contributed by atoms with van der Waals surface area (Å²) in [5.74, 6) is 4.42. The lowest BCUT2D eigenvalue weighted by Crippen LogP contribution is -2.51. The van der Waals surface area contributed by atoms with E-state index in [1.807, 2.05) is 0 Å². The number of Topliss-reactive ketones (excluding diaryl/α,β-unsaturated/α-hetero) is 1. The first-order valence-corrected chi connectivity index (χ1v) is 16.2. The van der Waals surface area contributed by atoms with E-state index < -0.39 is 0 Å². The maximum absolute atomic E-state index is 14.4. The van der Waals surface area contributed by atoms with Gasteiger partial charge >= 0.3 is 5.97 Å². The zero-order chi connectivity index (χ0) is 29.4. The lowest BCUT2D eigenvalue weighted by atomic mass is 9.47. The molecule has 1 aromatic carbocycles. The third-order valence-electron chi connectivity index (χ3n) is 12.7. The van der Waals surface area contributed by atoms with Crippen molar-refractivity contribution in [1.82, 2.24) is 4.90 Å². The normalized spacial score (nSPS) is 38.5. The second-order valence-corrected chi connectivity index (χ2v) is 14.5. The van der Waals surface area contributed by atoms with Crippen molar-refractivity contribution in [3.8, 4) is 17.2 Å². The van der Waals surface area contributed by atoms with Crippen LogP contribution in [0.3, 0.4) is 0 Å². The number of ether oxygens (including phenoxy) is 4. The maximum Gasteiger partial charge on any atom is 0.302 e. The van der Waals surface area contributed by atoms with Crippen LogP contribution in [0.25, 0.3) is 0 Å². The summed E-state index contributed by atoms with van der Waals surface area (Å²) in [6.07, 6.45) is 12.5. The van der Waals surface area contributed by atoms with E-state index in [0.29, 0.717) is 35.7 Å². The fourth-order valence-corrected chi connectivity index (χ4v) is 10.6. The molecule has 2 aliphatic heterocycles. The molecule has 7 rings (SSSR count). The van der Waals surface area contributed by atoms with Crippen LogP contribution in [0.4, 0.5) is 0 Å². The molecule has 0 spiro atoms. The van der Waals surface area contributed by atoms with Gasteiger partial charge in [0.1, 0.15) is 11.9 Å². The van der Waals surface area contributed by atoms with E-state index >= 15 is 0 Å². The van der Waals surface area contributed by atoms with Crippen molar-refractivity contribution < 1.29 is 28.5 Å². The smallest absolute Gasteiger partial charge is 0.302 e. The van der Waals surface area contributed by atoms with Gasteiger partial charge in [-0.25, -0.2) is 0 Å². The molecule has 6 aliphatic rings. The van der Waals surface area contributed by atoms with Gasteiger partial charge in [0.05, 0.1) is 7.11 Å². The molecule has 0 saturated heterocycles. The number of benzene rings is 1. The number of rotatable bonds is 5. The number of carbonyl (C=O) groups is 2. The highest BCUT2D eigenvalue weighted by Crippen LogP contribution is 2.66. The zero-order valence-electron chi connectivity index (χ0n) is 26.0. The minimum atomic E-state index is -0.166. The molecule has 0 N–H and O–H groups in total. The summed E-state index contributed by atoms with van der Waals surface area (Å²) < 4.78 is 23.0. The third kappa shape index (κ3) is 4.23. The summed E-state index contributed by atoms with van der Waals surface area (Å²) in [4.78, 5) is 28.3. The molecule has 3 saturated carbocycles. The number of hydrogen-bond acceptors (Lipinski definition) is 7. The Morgan fingerprint density at radius 3 is 2.71 bits per heavy atom. The van der Waals surface area contributed by atoms with Gasteiger partial charge in [-0.2, -0.15) is 0 Å². The number of ketones is 1. The largest absolute Gasteiger partial charge is 0.492 e. The Morgan fingerprint density at radius 1 is 1.10 bits per heavy atom. The molecule has 7 heteroatoms. The predicted octanol–water partition coefficient (Wildman–Crippen LogP) is 6.42. The minimum absolute atomic E-state index is 0.0174.